The van der Waals surface area contributed by atoms with Crippen molar-refractivity contribution in [2.45, 2.75) is 20.8 Å². The van der Waals surface area contributed by atoms with Crippen molar-refractivity contribution in [2.24, 2.45) is 0 Å². The van der Waals surface area contributed by atoms with Crippen LogP contribution in [-0.2, 0) is 4.74 Å². The van der Waals surface area contributed by atoms with Crippen LogP contribution in [0.25, 0.3) is 10.2 Å². The molecule has 0 fully saturated rings. The van der Waals surface area contributed by atoms with Gasteiger partial charge in [0, 0.05) is 29.7 Å². The molecule has 0 radical (unpaired) electrons. The predicted molar refractivity (Wildman–Crippen MR) is 123 cm³/mol. The van der Waals surface area contributed by atoms with Crippen molar-refractivity contribution >= 4 is 44.9 Å². The maximum atomic E-state index is 12.4. The fraction of sp³-hybridized carbons (Fsp3) is 0.364. The van der Waals surface area contributed by atoms with E-state index in [-0.39, 0.29) is 5.91 Å². The summed E-state index contributed by atoms with van der Waals surface area (Å²) in [7, 11) is 0. The molecule has 0 saturated heterocycles. The largest absolute Gasteiger partial charge is 0.462 e. The minimum absolute atomic E-state index is 0.106. The van der Waals surface area contributed by atoms with E-state index < -0.39 is 5.97 Å². The Balaban J connectivity index is 1.70. The maximum absolute atomic E-state index is 12.4. The smallest absolute Gasteiger partial charge is 0.339 e. The van der Waals surface area contributed by atoms with Gasteiger partial charge in [0.25, 0.3) is 5.91 Å². The molecular weight excluding hydrogens is 414 g/mol. The molecule has 0 unspecified atom stereocenters. The number of fused-ring (bicyclic) bond motifs is 1. The van der Waals surface area contributed by atoms with Crippen molar-refractivity contribution in [1.29, 1.82) is 0 Å². The Morgan fingerprint density at radius 2 is 1.84 bits per heavy atom. The topological polar surface area (TPSA) is 96.5 Å². The lowest BCUT2D eigenvalue weighted by Crippen LogP contribution is -2.34. The molecule has 2 heterocycles. The summed E-state index contributed by atoms with van der Waals surface area (Å²) >= 11 is 1.36. The zero-order valence-corrected chi connectivity index (χ0v) is 18.8. The van der Waals surface area contributed by atoms with E-state index in [1.54, 1.807) is 24.4 Å². The highest BCUT2D eigenvalue weighted by molar-refractivity contribution is 7.17. The van der Waals surface area contributed by atoms with Crippen LogP contribution in [0.4, 0.5) is 11.5 Å². The first-order valence-electron chi connectivity index (χ1n) is 10.3. The van der Waals surface area contributed by atoms with E-state index in [9.17, 15) is 9.59 Å². The summed E-state index contributed by atoms with van der Waals surface area (Å²) in [6, 6.07) is 7.13. The number of amides is 1. The van der Waals surface area contributed by atoms with Crippen LogP contribution in [0.3, 0.4) is 0 Å². The van der Waals surface area contributed by atoms with Gasteiger partial charge in [-0.25, -0.2) is 14.8 Å². The lowest BCUT2D eigenvalue weighted by atomic mass is 10.2. The molecule has 0 bridgehead atoms. The number of carbonyl (C=O) groups is 2. The zero-order chi connectivity index (χ0) is 22.2. The van der Waals surface area contributed by atoms with Gasteiger partial charge in [0.1, 0.15) is 17.0 Å². The van der Waals surface area contributed by atoms with E-state index in [0.29, 0.717) is 40.3 Å². The van der Waals surface area contributed by atoms with Gasteiger partial charge in [0.2, 0.25) is 0 Å². The van der Waals surface area contributed by atoms with Gasteiger partial charge in [-0.3, -0.25) is 4.79 Å². The normalized spacial score (nSPS) is 11.0. The molecule has 0 spiro atoms. The highest BCUT2D eigenvalue weighted by Gasteiger charge is 2.18. The van der Waals surface area contributed by atoms with E-state index in [0.717, 1.165) is 25.3 Å². The third-order valence-corrected chi connectivity index (χ3v) is 5.77. The molecule has 0 aliphatic heterocycles. The molecule has 1 aromatic carbocycles. The number of likely N-dealkylation sites (N-methyl/N-ethyl adjacent to an activating group) is 1. The summed E-state index contributed by atoms with van der Waals surface area (Å²) in [5.74, 6) is 0.0135. The lowest BCUT2D eigenvalue weighted by molar-refractivity contribution is 0.0529. The molecule has 1 amide bonds. The van der Waals surface area contributed by atoms with Crippen LogP contribution in [0.2, 0.25) is 0 Å². The number of hydrogen-bond acceptors (Lipinski definition) is 8. The third kappa shape index (κ3) is 5.56. The van der Waals surface area contributed by atoms with Crippen molar-refractivity contribution in [3.63, 3.8) is 0 Å². The number of nitrogens with zero attached hydrogens (tertiary/aromatic N) is 3. The van der Waals surface area contributed by atoms with E-state index in [4.69, 9.17) is 4.74 Å². The SMILES string of the molecule is CCOC(=O)c1csc2ncnc(Nc3ccc(C(=O)NCCN(CC)CC)cc3)c12. The summed E-state index contributed by atoms with van der Waals surface area (Å²) in [4.78, 5) is 36.1. The summed E-state index contributed by atoms with van der Waals surface area (Å²) in [5, 5.41) is 8.53. The molecule has 9 heteroatoms. The van der Waals surface area contributed by atoms with Crippen LogP contribution in [-0.4, -0.2) is 59.5 Å². The maximum Gasteiger partial charge on any atom is 0.339 e. The second kappa shape index (κ2) is 10.8. The van der Waals surface area contributed by atoms with Crippen LogP contribution in [0.15, 0.2) is 36.0 Å². The summed E-state index contributed by atoms with van der Waals surface area (Å²) in [5.41, 5.74) is 1.77. The van der Waals surface area contributed by atoms with Gasteiger partial charge in [-0.15, -0.1) is 11.3 Å². The Hall–Kier alpha value is -3.04. The number of esters is 1. The van der Waals surface area contributed by atoms with Gasteiger partial charge >= 0.3 is 5.97 Å². The molecule has 0 saturated carbocycles. The number of rotatable bonds is 10. The van der Waals surface area contributed by atoms with Crippen LogP contribution < -0.4 is 10.6 Å². The molecule has 2 N–H and O–H groups in total. The predicted octanol–water partition coefficient (Wildman–Crippen LogP) is 3.68. The van der Waals surface area contributed by atoms with Gasteiger partial charge < -0.3 is 20.3 Å². The Labute approximate surface area is 185 Å². The zero-order valence-electron chi connectivity index (χ0n) is 18.0. The fourth-order valence-corrected chi connectivity index (χ4v) is 4.02. The Morgan fingerprint density at radius 3 is 2.52 bits per heavy atom. The van der Waals surface area contributed by atoms with Crippen LogP contribution >= 0.6 is 11.3 Å². The standard InChI is InChI=1S/C22H27N5O3S/c1-4-27(5-2)12-11-23-20(28)15-7-9-16(10-8-15)26-19-18-17(22(29)30-6-3)13-31-21(18)25-14-24-19/h7-10,13-14H,4-6,11-12H2,1-3H3,(H,23,28)(H,24,25,26). The molecule has 0 atom stereocenters. The number of aromatic nitrogens is 2. The van der Waals surface area contributed by atoms with Crippen LogP contribution in [0.1, 0.15) is 41.5 Å². The highest BCUT2D eigenvalue weighted by Crippen LogP contribution is 2.31. The number of benzene rings is 1. The fourth-order valence-electron chi connectivity index (χ4n) is 3.14. The average molecular weight is 442 g/mol. The van der Waals surface area contributed by atoms with Crippen molar-refractivity contribution in [3.8, 4) is 0 Å². The number of ether oxygens (including phenoxy) is 1. The molecule has 164 valence electrons. The molecule has 0 aliphatic rings. The summed E-state index contributed by atoms with van der Waals surface area (Å²) in [6.07, 6.45) is 1.45. The quantitative estimate of drug-likeness (QED) is 0.463. The Morgan fingerprint density at radius 1 is 1.10 bits per heavy atom. The van der Waals surface area contributed by atoms with Gasteiger partial charge in [-0.05, 0) is 44.3 Å². The number of hydrogen-bond donors (Lipinski definition) is 2. The molecule has 8 nitrogen and oxygen atoms in total. The number of thiophene rings is 1. The second-order valence-electron chi connectivity index (χ2n) is 6.76. The number of anilines is 2. The molecule has 2 aromatic heterocycles. The Bertz CT molecular complexity index is 1030. The van der Waals surface area contributed by atoms with Crippen LogP contribution in [0.5, 0.6) is 0 Å². The summed E-state index contributed by atoms with van der Waals surface area (Å²) in [6.45, 7) is 9.63. The lowest BCUT2D eigenvalue weighted by Gasteiger charge is -2.18. The average Bonchev–Trinajstić information content (AvgIpc) is 3.23. The van der Waals surface area contributed by atoms with E-state index in [2.05, 4.69) is 39.3 Å². The van der Waals surface area contributed by atoms with Crippen molar-refractivity contribution < 1.29 is 14.3 Å². The molecule has 0 aliphatic carbocycles. The monoisotopic (exact) mass is 441 g/mol. The van der Waals surface area contributed by atoms with Gasteiger partial charge in [0.15, 0.2) is 0 Å². The van der Waals surface area contributed by atoms with Crippen molar-refractivity contribution in [3.05, 3.63) is 47.1 Å². The van der Waals surface area contributed by atoms with E-state index in [1.165, 1.54) is 17.7 Å². The van der Waals surface area contributed by atoms with Crippen molar-refractivity contribution in [1.82, 2.24) is 20.2 Å². The molecule has 3 aromatic rings. The number of nitrogens with one attached hydrogen (secondary N) is 2. The number of carbonyl (C=O) groups excluding carboxylic acids is 2. The minimum atomic E-state index is -0.400. The van der Waals surface area contributed by atoms with Crippen LogP contribution in [0, 0.1) is 0 Å². The molecular formula is C22H27N5O3S. The van der Waals surface area contributed by atoms with Gasteiger partial charge in [-0.2, -0.15) is 0 Å². The molecule has 31 heavy (non-hydrogen) atoms. The Kier molecular flexibility index (Phi) is 7.91. The first-order chi connectivity index (χ1) is 15.1. The summed E-state index contributed by atoms with van der Waals surface area (Å²) < 4.78 is 5.14. The first kappa shape index (κ1) is 22.6. The van der Waals surface area contributed by atoms with Gasteiger partial charge in [0.05, 0.1) is 17.6 Å². The van der Waals surface area contributed by atoms with Gasteiger partial charge in [-0.1, -0.05) is 13.8 Å². The third-order valence-electron chi connectivity index (χ3n) is 4.88. The second-order valence-corrected chi connectivity index (χ2v) is 7.62. The van der Waals surface area contributed by atoms with E-state index >= 15 is 0 Å². The first-order valence-corrected chi connectivity index (χ1v) is 11.2. The molecule has 3 rings (SSSR count). The van der Waals surface area contributed by atoms with E-state index in [1.807, 2.05) is 12.1 Å². The highest BCUT2D eigenvalue weighted by atomic mass is 32.1. The van der Waals surface area contributed by atoms with Crippen molar-refractivity contribution in [2.75, 3.05) is 38.1 Å². The minimum Gasteiger partial charge on any atom is -0.462 e.